The number of hydrogen-bond acceptors (Lipinski definition) is 8. The lowest BCUT2D eigenvalue weighted by atomic mass is 10.2. The van der Waals surface area contributed by atoms with E-state index >= 15 is 0 Å². The first-order chi connectivity index (χ1) is 12.3. The third kappa shape index (κ3) is 3.74. The molecule has 0 aliphatic heterocycles. The Morgan fingerprint density at radius 1 is 1.38 bits per heavy atom. The molecule has 0 unspecified atom stereocenters. The summed E-state index contributed by atoms with van der Waals surface area (Å²) in [5.74, 6) is -2.40. The molecule has 11 nitrogen and oxygen atoms in total. The second kappa shape index (κ2) is 7.55. The largest absolute Gasteiger partial charge is 0.475 e. The van der Waals surface area contributed by atoms with Crippen LogP contribution < -0.4 is 16.0 Å². The maximum Gasteiger partial charge on any atom is 0.352 e. The van der Waals surface area contributed by atoms with Crippen LogP contribution in [0, 0.1) is 15.9 Å². The monoisotopic (exact) mass is 368 g/mol. The van der Waals surface area contributed by atoms with Gasteiger partial charge in [0.15, 0.2) is 12.4 Å². The topological polar surface area (TPSA) is 136 Å². The number of nitro groups is 1. The predicted octanol–water partition coefficient (Wildman–Crippen LogP) is -0.0796. The standard InChI is InChI=1S/C14H13FN4O7/c1-3-25-13(21)7-26-11-4-8(15)9(5-10(11)19(23)24)18-14(22)17(2)12(20)6-16-18/h4-6H,3,7H2,1-2H3. The number of nitrogens with zero attached hydrogens (tertiary/aromatic N) is 4. The van der Waals surface area contributed by atoms with Crippen molar-refractivity contribution in [3.63, 3.8) is 0 Å². The number of benzene rings is 1. The molecule has 0 aliphatic carbocycles. The summed E-state index contributed by atoms with van der Waals surface area (Å²) in [4.78, 5) is 45.0. The van der Waals surface area contributed by atoms with Crippen LogP contribution in [0.3, 0.4) is 0 Å². The number of hydrogen-bond donors (Lipinski definition) is 0. The minimum absolute atomic E-state index is 0.0822. The number of carbonyl (C=O) groups is 1. The lowest BCUT2D eigenvalue weighted by Crippen LogP contribution is -2.38. The zero-order valence-electron chi connectivity index (χ0n) is 13.7. The highest BCUT2D eigenvalue weighted by molar-refractivity contribution is 5.71. The van der Waals surface area contributed by atoms with Gasteiger partial charge in [0.25, 0.3) is 5.56 Å². The average Bonchev–Trinajstić information content (AvgIpc) is 2.58. The fourth-order valence-corrected chi connectivity index (χ4v) is 1.94. The van der Waals surface area contributed by atoms with Gasteiger partial charge in [0, 0.05) is 19.2 Å². The molecule has 26 heavy (non-hydrogen) atoms. The molecule has 0 saturated carbocycles. The van der Waals surface area contributed by atoms with Crippen molar-refractivity contribution in [2.24, 2.45) is 7.05 Å². The molecule has 1 aromatic carbocycles. The van der Waals surface area contributed by atoms with E-state index in [0.717, 1.165) is 13.2 Å². The van der Waals surface area contributed by atoms with Gasteiger partial charge in [0.05, 0.1) is 11.5 Å². The van der Waals surface area contributed by atoms with Gasteiger partial charge < -0.3 is 9.47 Å². The summed E-state index contributed by atoms with van der Waals surface area (Å²) >= 11 is 0. The van der Waals surface area contributed by atoms with Crippen molar-refractivity contribution in [3.05, 3.63) is 55.1 Å². The van der Waals surface area contributed by atoms with Crippen molar-refractivity contribution in [3.8, 4) is 11.4 Å². The Morgan fingerprint density at radius 3 is 2.69 bits per heavy atom. The predicted molar refractivity (Wildman–Crippen MR) is 83.8 cm³/mol. The maximum atomic E-state index is 14.4. The van der Waals surface area contributed by atoms with Crippen molar-refractivity contribution < 1.29 is 23.6 Å². The van der Waals surface area contributed by atoms with Gasteiger partial charge in [-0.3, -0.25) is 19.5 Å². The second-order valence-electron chi connectivity index (χ2n) is 4.86. The van der Waals surface area contributed by atoms with E-state index in [9.17, 15) is 28.9 Å². The molecular formula is C14H13FN4O7. The Hall–Kier alpha value is -3.57. The smallest absolute Gasteiger partial charge is 0.352 e. The Balaban J connectivity index is 2.52. The molecule has 2 aromatic rings. The van der Waals surface area contributed by atoms with Crippen LogP contribution in [0.1, 0.15) is 6.92 Å². The Bertz CT molecular complexity index is 982. The number of aromatic nitrogens is 3. The summed E-state index contributed by atoms with van der Waals surface area (Å²) in [6, 6.07) is 1.36. The Labute approximate surface area is 144 Å². The van der Waals surface area contributed by atoms with E-state index < -0.39 is 51.7 Å². The van der Waals surface area contributed by atoms with E-state index in [1.807, 2.05) is 0 Å². The van der Waals surface area contributed by atoms with Gasteiger partial charge in [0.2, 0.25) is 5.75 Å². The van der Waals surface area contributed by atoms with Crippen molar-refractivity contribution >= 4 is 11.7 Å². The van der Waals surface area contributed by atoms with Gasteiger partial charge in [-0.15, -0.1) is 0 Å². The molecule has 0 N–H and O–H groups in total. The minimum atomic E-state index is -1.08. The summed E-state index contributed by atoms with van der Waals surface area (Å²) in [6.07, 6.45) is 0.762. The molecule has 0 bridgehead atoms. The van der Waals surface area contributed by atoms with Gasteiger partial charge in [-0.2, -0.15) is 9.78 Å². The summed E-state index contributed by atoms with van der Waals surface area (Å²) in [5, 5.41) is 14.7. The first-order valence-electron chi connectivity index (χ1n) is 7.18. The zero-order valence-corrected chi connectivity index (χ0v) is 13.7. The molecule has 0 radical (unpaired) electrons. The molecule has 0 saturated heterocycles. The SMILES string of the molecule is CCOC(=O)COc1cc(F)c(-n2ncc(=O)n(C)c2=O)cc1[N+](=O)[O-]. The molecular weight excluding hydrogens is 355 g/mol. The molecule has 0 atom stereocenters. The number of rotatable bonds is 6. The van der Waals surface area contributed by atoms with Crippen LogP contribution >= 0.6 is 0 Å². The van der Waals surface area contributed by atoms with Gasteiger partial charge in [-0.25, -0.2) is 14.0 Å². The molecule has 0 fully saturated rings. The number of nitro benzene ring substituents is 1. The minimum Gasteiger partial charge on any atom is -0.475 e. The van der Waals surface area contributed by atoms with E-state index in [0.29, 0.717) is 21.4 Å². The summed E-state index contributed by atoms with van der Waals surface area (Å²) in [7, 11) is 1.14. The fraction of sp³-hybridized carbons (Fsp3) is 0.286. The van der Waals surface area contributed by atoms with Crippen molar-refractivity contribution in [1.29, 1.82) is 0 Å². The first kappa shape index (κ1) is 18.8. The van der Waals surface area contributed by atoms with Crippen LogP contribution in [0.25, 0.3) is 5.69 Å². The second-order valence-corrected chi connectivity index (χ2v) is 4.86. The summed E-state index contributed by atoms with van der Waals surface area (Å²) < 4.78 is 25.1. The third-order valence-corrected chi connectivity index (χ3v) is 3.19. The van der Waals surface area contributed by atoms with Crippen LogP contribution in [-0.2, 0) is 16.6 Å². The highest BCUT2D eigenvalue weighted by Gasteiger charge is 2.23. The zero-order chi connectivity index (χ0) is 19.4. The lowest BCUT2D eigenvalue weighted by molar-refractivity contribution is -0.385. The number of esters is 1. The van der Waals surface area contributed by atoms with E-state index in [1.165, 1.54) is 0 Å². The maximum absolute atomic E-state index is 14.4. The Morgan fingerprint density at radius 2 is 2.08 bits per heavy atom. The van der Waals surface area contributed by atoms with Gasteiger partial charge >= 0.3 is 17.3 Å². The van der Waals surface area contributed by atoms with E-state index in [2.05, 4.69) is 9.84 Å². The highest BCUT2D eigenvalue weighted by atomic mass is 19.1. The quantitative estimate of drug-likeness (QED) is 0.392. The van der Waals surface area contributed by atoms with Crippen molar-refractivity contribution in [2.45, 2.75) is 6.92 Å². The third-order valence-electron chi connectivity index (χ3n) is 3.19. The molecule has 0 spiro atoms. The van der Waals surface area contributed by atoms with Gasteiger partial charge in [-0.1, -0.05) is 0 Å². The molecule has 1 aromatic heterocycles. The van der Waals surface area contributed by atoms with Crippen molar-refractivity contribution in [2.75, 3.05) is 13.2 Å². The highest BCUT2D eigenvalue weighted by Crippen LogP contribution is 2.31. The number of halogens is 1. The molecule has 2 rings (SSSR count). The van der Waals surface area contributed by atoms with Gasteiger partial charge in [0.1, 0.15) is 11.9 Å². The molecule has 0 amide bonds. The fourth-order valence-electron chi connectivity index (χ4n) is 1.94. The normalized spacial score (nSPS) is 10.4. The molecule has 138 valence electrons. The molecule has 1 heterocycles. The van der Waals surface area contributed by atoms with E-state index in [-0.39, 0.29) is 6.61 Å². The van der Waals surface area contributed by atoms with E-state index in [4.69, 9.17) is 4.74 Å². The van der Waals surface area contributed by atoms with Gasteiger partial charge in [-0.05, 0) is 6.92 Å². The van der Waals surface area contributed by atoms with Crippen LogP contribution in [0.2, 0.25) is 0 Å². The molecule has 12 heteroatoms. The lowest BCUT2D eigenvalue weighted by Gasteiger charge is -2.10. The number of ether oxygens (including phenoxy) is 2. The van der Waals surface area contributed by atoms with Crippen LogP contribution in [0.4, 0.5) is 10.1 Å². The average molecular weight is 368 g/mol. The summed E-state index contributed by atoms with van der Waals surface area (Å²) in [5.41, 5.74) is -2.98. The van der Waals surface area contributed by atoms with Crippen molar-refractivity contribution in [1.82, 2.24) is 14.3 Å². The molecule has 0 aliphatic rings. The summed E-state index contributed by atoms with van der Waals surface area (Å²) in [6.45, 7) is 0.983. The van der Waals surface area contributed by atoms with E-state index in [1.54, 1.807) is 6.92 Å². The van der Waals surface area contributed by atoms with Crippen LogP contribution in [-0.4, -0.2) is 38.5 Å². The first-order valence-corrected chi connectivity index (χ1v) is 7.18. The number of carbonyl (C=O) groups excluding carboxylic acids is 1. The van der Waals surface area contributed by atoms with Crippen LogP contribution in [0.15, 0.2) is 27.9 Å². The van der Waals surface area contributed by atoms with Crippen LogP contribution in [0.5, 0.6) is 5.75 Å². The Kier molecular flexibility index (Phi) is 5.45.